The standard InChI is InChI=1S/C35H40/c1-3-5-7-29-10-14-31(15-11-29)17-19-33-22-26-35(27-23-33)34-24-20-32(21-25-34)18-16-30-12-8-28(6-4-2)9-13-30/h3,8-9,12-13,20-27,29,31H,1,4-7,10-11,14-15,17,19H2,2H3. The summed E-state index contributed by atoms with van der Waals surface area (Å²) in [4.78, 5) is 0. The number of hydrogen-bond acceptors (Lipinski definition) is 0. The first kappa shape index (κ1) is 25.1. The van der Waals surface area contributed by atoms with E-state index in [-0.39, 0.29) is 0 Å². The van der Waals surface area contributed by atoms with Crippen molar-refractivity contribution in [3.05, 3.63) is 108 Å². The third kappa shape index (κ3) is 7.73. The Morgan fingerprint density at radius 1 is 0.657 bits per heavy atom. The fourth-order valence-electron chi connectivity index (χ4n) is 5.33. The van der Waals surface area contributed by atoms with Gasteiger partial charge in [-0.25, -0.2) is 0 Å². The van der Waals surface area contributed by atoms with Gasteiger partial charge >= 0.3 is 0 Å². The van der Waals surface area contributed by atoms with Crippen LogP contribution in [0, 0.1) is 23.7 Å². The van der Waals surface area contributed by atoms with Gasteiger partial charge < -0.3 is 0 Å². The molecule has 3 aromatic carbocycles. The van der Waals surface area contributed by atoms with E-state index in [1.807, 2.05) is 0 Å². The maximum atomic E-state index is 3.87. The van der Waals surface area contributed by atoms with Crippen molar-refractivity contribution in [1.29, 1.82) is 0 Å². The smallest absolute Gasteiger partial charge is 0.0249 e. The van der Waals surface area contributed by atoms with E-state index in [4.69, 9.17) is 0 Å². The Kier molecular flexibility index (Phi) is 9.42. The van der Waals surface area contributed by atoms with Gasteiger partial charge in [-0.3, -0.25) is 0 Å². The first-order valence-corrected chi connectivity index (χ1v) is 13.6. The van der Waals surface area contributed by atoms with Crippen molar-refractivity contribution in [2.24, 2.45) is 11.8 Å². The number of rotatable bonds is 9. The van der Waals surface area contributed by atoms with E-state index in [1.165, 1.54) is 80.0 Å². The van der Waals surface area contributed by atoms with Crippen LogP contribution in [-0.4, -0.2) is 0 Å². The van der Waals surface area contributed by atoms with Crippen LogP contribution in [0.15, 0.2) is 85.5 Å². The van der Waals surface area contributed by atoms with Crippen LogP contribution in [0.3, 0.4) is 0 Å². The normalized spacial score (nSPS) is 17.4. The van der Waals surface area contributed by atoms with Crippen LogP contribution >= 0.6 is 0 Å². The second-order valence-corrected chi connectivity index (χ2v) is 10.3. The molecule has 0 amide bonds. The van der Waals surface area contributed by atoms with E-state index in [0.717, 1.165) is 29.4 Å². The van der Waals surface area contributed by atoms with E-state index in [2.05, 4.69) is 104 Å². The Morgan fingerprint density at radius 2 is 1.11 bits per heavy atom. The molecule has 0 saturated heterocycles. The lowest BCUT2D eigenvalue weighted by Gasteiger charge is -2.28. The number of benzene rings is 3. The van der Waals surface area contributed by atoms with Crippen LogP contribution in [0.5, 0.6) is 0 Å². The Balaban J connectivity index is 1.27. The summed E-state index contributed by atoms with van der Waals surface area (Å²) < 4.78 is 0. The first-order valence-electron chi connectivity index (χ1n) is 13.6. The Hall–Kier alpha value is -3.04. The minimum Gasteiger partial charge on any atom is -0.103 e. The summed E-state index contributed by atoms with van der Waals surface area (Å²) in [6.45, 7) is 6.08. The Labute approximate surface area is 213 Å². The summed E-state index contributed by atoms with van der Waals surface area (Å²) >= 11 is 0. The molecule has 0 radical (unpaired) electrons. The summed E-state index contributed by atoms with van der Waals surface area (Å²) in [5.41, 5.74) is 7.52. The molecule has 0 atom stereocenters. The van der Waals surface area contributed by atoms with Gasteiger partial charge in [-0.05, 0) is 90.5 Å². The van der Waals surface area contributed by atoms with Gasteiger partial charge in [-0.15, -0.1) is 6.58 Å². The fourth-order valence-corrected chi connectivity index (χ4v) is 5.33. The summed E-state index contributed by atoms with van der Waals surface area (Å²) in [7, 11) is 0. The average molecular weight is 461 g/mol. The highest BCUT2D eigenvalue weighted by atomic mass is 14.3. The van der Waals surface area contributed by atoms with Gasteiger partial charge in [0.05, 0.1) is 0 Å². The molecule has 1 saturated carbocycles. The van der Waals surface area contributed by atoms with Gasteiger partial charge in [0.1, 0.15) is 0 Å². The van der Waals surface area contributed by atoms with E-state index in [9.17, 15) is 0 Å². The van der Waals surface area contributed by atoms with Gasteiger partial charge in [0.2, 0.25) is 0 Å². The molecule has 1 fully saturated rings. The van der Waals surface area contributed by atoms with Gasteiger partial charge in [0.25, 0.3) is 0 Å². The molecule has 0 aliphatic heterocycles. The van der Waals surface area contributed by atoms with E-state index in [1.54, 1.807) is 0 Å². The van der Waals surface area contributed by atoms with Crippen molar-refractivity contribution in [2.45, 2.75) is 71.1 Å². The molecular weight excluding hydrogens is 420 g/mol. The highest BCUT2D eigenvalue weighted by molar-refractivity contribution is 5.64. The molecule has 0 aromatic heterocycles. The molecular formula is C35H40. The molecule has 180 valence electrons. The highest BCUT2D eigenvalue weighted by Crippen LogP contribution is 2.34. The molecule has 1 aliphatic rings. The van der Waals surface area contributed by atoms with Gasteiger partial charge in [0, 0.05) is 11.1 Å². The number of hydrogen-bond donors (Lipinski definition) is 0. The zero-order valence-corrected chi connectivity index (χ0v) is 21.4. The maximum Gasteiger partial charge on any atom is 0.0249 e. The molecule has 0 N–H and O–H groups in total. The lowest BCUT2D eigenvalue weighted by Crippen LogP contribution is -2.15. The Morgan fingerprint density at radius 3 is 1.66 bits per heavy atom. The van der Waals surface area contributed by atoms with Crippen molar-refractivity contribution < 1.29 is 0 Å². The Bertz CT molecular complexity index is 1100. The second-order valence-electron chi connectivity index (χ2n) is 10.3. The van der Waals surface area contributed by atoms with Crippen LogP contribution in [0.2, 0.25) is 0 Å². The number of allylic oxidation sites excluding steroid dienone is 1. The van der Waals surface area contributed by atoms with Crippen molar-refractivity contribution >= 4 is 0 Å². The molecule has 3 aromatic rings. The molecule has 0 bridgehead atoms. The van der Waals surface area contributed by atoms with E-state index < -0.39 is 0 Å². The van der Waals surface area contributed by atoms with E-state index >= 15 is 0 Å². The quantitative estimate of drug-likeness (QED) is 0.220. The lowest BCUT2D eigenvalue weighted by molar-refractivity contribution is 0.254. The molecule has 0 heterocycles. The van der Waals surface area contributed by atoms with Gasteiger partial charge in [-0.2, -0.15) is 0 Å². The second kappa shape index (κ2) is 13.2. The zero-order chi connectivity index (χ0) is 24.3. The molecule has 1 aliphatic carbocycles. The summed E-state index contributed by atoms with van der Waals surface area (Å²) in [6, 6.07) is 26.5. The maximum absolute atomic E-state index is 3.87. The predicted molar refractivity (Wildman–Crippen MR) is 151 cm³/mol. The van der Waals surface area contributed by atoms with Crippen molar-refractivity contribution in [2.75, 3.05) is 0 Å². The van der Waals surface area contributed by atoms with Crippen LogP contribution in [0.4, 0.5) is 0 Å². The lowest BCUT2D eigenvalue weighted by atomic mass is 9.78. The van der Waals surface area contributed by atoms with Crippen molar-refractivity contribution in [3.8, 4) is 23.0 Å². The SMILES string of the molecule is C=CCCC1CCC(CCc2ccc(-c3ccc(C#Cc4ccc(CCC)cc4)cc3)cc2)CC1. The van der Waals surface area contributed by atoms with Crippen LogP contribution < -0.4 is 0 Å². The molecule has 0 heteroatoms. The minimum absolute atomic E-state index is 0.914. The van der Waals surface area contributed by atoms with Crippen molar-refractivity contribution in [1.82, 2.24) is 0 Å². The minimum atomic E-state index is 0.914. The summed E-state index contributed by atoms with van der Waals surface area (Å²) in [5.74, 6) is 8.46. The highest BCUT2D eigenvalue weighted by Gasteiger charge is 2.20. The molecule has 35 heavy (non-hydrogen) atoms. The van der Waals surface area contributed by atoms with Crippen LogP contribution in [-0.2, 0) is 12.8 Å². The van der Waals surface area contributed by atoms with Crippen molar-refractivity contribution in [3.63, 3.8) is 0 Å². The molecule has 4 rings (SSSR count). The van der Waals surface area contributed by atoms with E-state index in [0.29, 0.717) is 0 Å². The average Bonchev–Trinajstić information content (AvgIpc) is 2.92. The van der Waals surface area contributed by atoms with Crippen LogP contribution in [0.25, 0.3) is 11.1 Å². The zero-order valence-electron chi connectivity index (χ0n) is 21.4. The van der Waals surface area contributed by atoms with Gasteiger partial charge in [-0.1, -0.05) is 105 Å². The predicted octanol–water partition coefficient (Wildman–Crippen LogP) is 9.41. The molecule has 0 nitrogen and oxygen atoms in total. The first-order chi connectivity index (χ1) is 17.2. The largest absolute Gasteiger partial charge is 0.103 e. The topological polar surface area (TPSA) is 0 Å². The monoisotopic (exact) mass is 460 g/mol. The number of aryl methyl sites for hydroxylation is 2. The fraction of sp³-hybridized carbons (Fsp3) is 0.371. The molecule has 0 spiro atoms. The summed E-state index contributed by atoms with van der Waals surface area (Å²) in [6.07, 6.45) is 15.1. The summed E-state index contributed by atoms with van der Waals surface area (Å²) in [5, 5.41) is 0. The third-order valence-corrected chi connectivity index (χ3v) is 7.60. The molecule has 0 unspecified atom stereocenters. The van der Waals surface area contributed by atoms with Gasteiger partial charge in [0.15, 0.2) is 0 Å². The third-order valence-electron chi connectivity index (χ3n) is 7.60. The van der Waals surface area contributed by atoms with Crippen LogP contribution in [0.1, 0.15) is 80.5 Å².